The lowest BCUT2D eigenvalue weighted by Crippen LogP contribution is -2.24. The Balaban J connectivity index is 1.60. The summed E-state index contributed by atoms with van der Waals surface area (Å²) >= 11 is 0. The lowest BCUT2D eigenvalue weighted by molar-refractivity contribution is -0.0316. The molecule has 0 amide bonds. The predicted octanol–water partition coefficient (Wildman–Crippen LogP) is 2.09. The van der Waals surface area contributed by atoms with E-state index in [-0.39, 0.29) is 0 Å². The highest BCUT2D eigenvalue weighted by Crippen LogP contribution is 2.11. The first kappa shape index (κ1) is 14.2. The summed E-state index contributed by atoms with van der Waals surface area (Å²) in [5.74, 6) is 1.71. The number of aryl methyl sites for hydroxylation is 2. The van der Waals surface area contributed by atoms with E-state index >= 15 is 0 Å². The Hall–Kier alpha value is -1.20. The SMILES string of the molecule is Cc1cc(NCCCOC2CCOCC2)nc(C)n1. The molecule has 2 heterocycles. The molecule has 0 aromatic carbocycles. The van der Waals surface area contributed by atoms with Crippen molar-refractivity contribution in [3.63, 3.8) is 0 Å². The van der Waals surface area contributed by atoms with E-state index in [0.717, 1.165) is 63.0 Å². The normalized spacial score (nSPS) is 16.5. The number of hydrogen-bond donors (Lipinski definition) is 1. The Morgan fingerprint density at radius 2 is 2.11 bits per heavy atom. The molecule has 19 heavy (non-hydrogen) atoms. The van der Waals surface area contributed by atoms with Crippen molar-refractivity contribution in [1.82, 2.24) is 9.97 Å². The number of nitrogens with zero attached hydrogens (tertiary/aromatic N) is 2. The number of hydrogen-bond acceptors (Lipinski definition) is 5. The van der Waals surface area contributed by atoms with Crippen molar-refractivity contribution in [2.75, 3.05) is 31.7 Å². The summed E-state index contributed by atoms with van der Waals surface area (Å²) in [7, 11) is 0. The fourth-order valence-corrected chi connectivity index (χ4v) is 2.19. The third-order valence-corrected chi connectivity index (χ3v) is 3.12. The van der Waals surface area contributed by atoms with Crippen molar-refractivity contribution in [1.29, 1.82) is 0 Å². The van der Waals surface area contributed by atoms with Gasteiger partial charge in [0.05, 0.1) is 6.10 Å². The van der Waals surface area contributed by atoms with E-state index in [4.69, 9.17) is 9.47 Å². The van der Waals surface area contributed by atoms with Crippen molar-refractivity contribution >= 4 is 5.82 Å². The van der Waals surface area contributed by atoms with Crippen LogP contribution >= 0.6 is 0 Å². The van der Waals surface area contributed by atoms with E-state index in [1.807, 2.05) is 19.9 Å². The Kier molecular flexibility index (Phi) is 5.54. The van der Waals surface area contributed by atoms with Gasteiger partial charge in [-0.05, 0) is 33.1 Å². The van der Waals surface area contributed by atoms with Crippen LogP contribution in [0.25, 0.3) is 0 Å². The first-order chi connectivity index (χ1) is 9.24. The number of aromatic nitrogens is 2. The van der Waals surface area contributed by atoms with E-state index in [1.165, 1.54) is 0 Å². The quantitative estimate of drug-likeness (QED) is 0.798. The minimum Gasteiger partial charge on any atom is -0.381 e. The fraction of sp³-hybridized carbons (Fsp3) is 0.714. The lowest BCUT2D eigenvalue weighted by atomic mass is 10.1. The maximum atomic E-state index is 5.82. The van der Waals surface area contributed by atoms with Crippen LogP contribution in [0.2, 0.25) is 0 Å². The van der Waals surface area contributed by atoms with Gasteiger partial charge in [-0.15, -0.1) is 0 Å². The molecule has 5 heteroatoms. The van der Waals surface area contributed by atoms with Crippen LogP contribution in [-0.2, 0) is 9.47 Å². The summed E-state index contributed by atoms with van der Waals surface area (Å²) in [6, 6.07) is 1.96. The zero-order valence-corrected chi connectivity index (χ0v) is 11.8. The molecule has 0 saturated carbocycles. The summed E-state index contributed by atoms with van der Waals surface area (Å²) in [6.07, 6.45) is 3.42. The van der Waals surface area contributed by atoms with Gasteiger partial charge in [-0.3, -0.25) is 0 Å². The molecule has 0 bridgehead atoms. The highest BCUT2D eigenvalue weighted by Gasteiger charge is 2.13. The first-order valence-electron chi connectivity index (χ1n) is 6.99. The molecule has 0 radical (unpaired) electrons. The topological polar surface area (TPSA) is 56.3 Å². The lowest BCUT2D eigenvalue weighted by Gasteiger charge is -2.22. The van der Waals surface area contributed by atoms with Crippen molar-refractivity contribution < 1.29 is 9.47 Å². The van der Waals surface area contributed by atoms with E-state index in [0.29, 0.717) is 6.10 Å². The van der Waals surface area contributed by atoms with Gasteiger partial charge >= 0.3 is 0 Å². The zero-order chi connectivity index (χ0) is 13.5. The van der Waals surface area contributed by atoms with E-state index in [9.17, 15) is 0 Å². The van der Waals surface area contributed by atoms with Crippen LogP contribution in [0.1, 0.15) is 30.8 Å². The zero-order valence-electron chi connectivity index (χ0n) is 11.8. The van der Waals surface area contributed by atoms with Gasteiger partial charge in [-0.2, -0.15) is 0 Å². The molecular weight excluding hydrogens is 242 g/mol. The molecule has 1 fully saturated rings. The molecule has 1 N–H and O–H groups in total. The molecule has 0 unspecified atom stereocenters. The average molecular weight is 265 g/mol. The van der Waals surface area contributed by atoms with Gasteiger partial charge in [0, 0.05) is 38.1 Å². The Bertz CT molecular complexity index is 372. The third kappa shape index (κ3) is 5.12. The van der Waals surface area contributed by atoms with Gasteiger partial charge in [-0.25, -0.2) is 9.97 Å². The van der Waals surface area contributed by atoms with Crippen molar-refractivity contribution in [2.45, 2.75) is 39.2 Å². The maximum Gasteiger partial charge on any atom is 0.129 e. The van der Waals surface area contributed by atoms with Gasteiger partial charge in [0.2, 0.25) is 0 Å². The largest absolute Gasteiger partial charge is 0.381 e. The van der Waals surface area contributed by atoms with Gasteiger partial charge in [0.1, 0.15) is 11.6 Å². The summed E-state index contributed by atoms with van der Waals surface area (Å²) in [4.78, 5) is 8.59. The number of anilines is 1. The molecule has 1 aliphatic heterocycles. The fourth-order valence-electron chi connectivity index (χ4n) is 2.19. The minimum absolute atomic E-state index is 0.386. The summed E-state index contributed by atoms with van der Waals surface area (Å²) in [6.45, 7) is 7.23. The van der Waals surface area contributed by atoms with Crippen LogP contribution in [0.3, 0.4) is 0 Å². The molecule has 0 atom stereocenters. The molecule has 106 valence electrons. The van der Waals surface area contributed by atoms with Crippen LogP contribution in [0.15, 0.2) is 6.07 Å². The second-order valence-electron chi connectivity index (χ2n) is 4.90. The van der Waals surface area contributed by atoms with Gasteiger partial charge < -0.3 is 14.8 Å². The average Bonchev–Trinajstić information content (AvgIpc) is 2.38. The molecule has 2 rings (SSSR count). The van der Waals surface area contributed by atoms with E-state index < -0.39 is 0 Å². The third-order valence-electron chi connectivity index (χ3n) is 3.12. The number of nitrogens with one attached hydrogen (secondary N) is 1. The van der Waals surface area contributed by atoms with Crippen molar-refractivity contribution in [3.05, 3.63) is 17.6 Å². The predicted molar refractivity (Wildman–Crippen MR) is 74.4 cm³/mol. The summed E-state index contributed by atoms with van der Waals surface area (Å²) in [5.41, 5.74) is 0.994. The molecule has 1 aromatic heterocycles. The van der Waals surface area contributed by atoms with Crippen LogP contribution < -0.4 is 5.32 Å². The van der Waals surface area contributed by atoms with Gasteiger partial charge in [0.15, 0.2) is 0 Å². The molecule has 5 nitrogen and oxygen atoms in total. The molecule has 0 spiro atoms. The van der Waals surface area contributed by atoms with Crippen molar-refractivity contribution in [3.8, 4) is 0 Å². The number of rotatable bonds is 6. The van der Waals surface area contributed by atoms with Crippen molar-refractivity contribution in [2.24, 2.45) is 0 Å². The molecule has 1 aliphatic rings. The van der Waals surface area contributed by atoms with Crippen LogP contribution in [0, 0.1) is 13.8 Å². The van der Waals surface area contributed by atoms with Gasteiger partial charge in [0.25, 0.3) is 0 Å². The minimum atomic E-state index is 0.386. The molecule has 1 aromatic rings. The Labute approximate surface area is 114 Å². The summed E-state index contributed by atoms with van der Waals surface area (Å²) in [5, 5.41) is 3.31. The summed E-state index contributed by atoms with van der Waals surface area (Å²) < 4.78 is 11.1. The second-order valence-corrected chi connectivity index (χ2v) is 4.90. The monoisotopic (exact) mass is 265 g/mol. The van der Waals surface area contributed by atoms with Gasteiger partial charge in [-0.1, -0.05) is 0 Å². The maximum absolute atomic E-state index is 5.82. The van der Waals surface area contributed by atoms with Crippen LogP contribution in [0.5, 0.6) is 0 Å². The first-order valence-corrected chi connectivity index (χ1v) is 6.99. The van der Waals surface area contributed by atoms with Crippen LogP contribution in [0.4, 0.5) is 5.82 Å². The highest BCUT2D eigenvalue weighted by molar-refractivity contribution is 5.35. The second kappa shape index (κ2) is 7.40. The standard InChI is InChI=1S/C14H23N3O2/c1-11-10-14(17-12(2)16-11)15-6-3-7-19-13-4-8-18-9-5-13/h10,13H,3-9H2,1-2H3,(H,15,16,17). The molecule has 1 saturated heterocycles. The van der Waals surface area contributed by atoms with E-state index in [1.54, 1.807) is 0 Å². The number of ether oxygens (including phenoxy) is 2. The molecular formula is C14H23N3O2. The Morgan fingerprint density at radius 3 is 2.84 bits per heavy atom. The van der Waals surface area contributed by atoms with Crippen LogP contribution in [-0.4, -0.2) is 42.4 Å². The molecule has 0 aliphatic carbocycles. The smallest absolute Gasteiger partial charge is 0.129 e. The highest BCUT2D eigenvalue weighted by atomic mass is 16.5. The Morgan fingerprint density at radius 1 is 1.32 bits per heavy atom. The van der Waals surface area contributed by atoms with E-state index in [2.05, 4.69) is 15.3 Å².